The number of nitrogens with one attached hydrogen (secondary N) is 1. The highest BCUT2D eigenvalue weighted by atomic mass is 16.3. The average molecular weight is 670 g/mol. The van der Waals surface area contributed by atoms with Gasteiger partial charge in [0.1, 0.15) is 5.58 Å². The van der Waals surface area contributed by atoms with Gasteiger partial charge in [0.05, 0.1) is 16.9 Å². The molecule has 7 aromatic carbocycles. The predicted molar refractivity (Wildman–Crippen MR) is 222 cm³/mol. The van der Waals surface area contributed by atoms with Gasteiger partial charge < -0.3 is 14.3 Å². The van der Waals surface area contributed by atoms with E-state index < -0.39 is 0 Å². The number of furan rings is 1. The van der Waals surface area contributed by atoms with Gasteiger partial charge in [-0.15, -0.1) is 0 Å². The highest BCUT2D eigenvalue weighted by Crippen LogP contribution is 2.43. The number of para-hydroxylation sites is 1. The topological polar surface area (TPSA) is 30.1 Å². The Balaban J connectivity index is 1.21. The van der Waals surface area contributed by atoms with Gasteiger partial charge in [0.15, 0.2) is 0 Å². The minimum absolute atomic E-state index is 0.883. The summed E-state index contributed by atoms with van der Waals surface area (Å²) in [4.78, 5) is 0. The Bertz CT molecular complexity index is 2810. The van der Waals surface area contributed by atoms with Crippen LogP contribution in [-0.2, 0) is 6.42 Å². The van der Waals surface area contributed by atoms with Crippen molar-refractivity contribution in [3.63, 3.8) is 0 Å². The van der Waals surface area contributed by atoms with Crippen LogP contribution in [0.5, 0.6) is 0 Å². The van der Waals surface area contributed by atoms with Crippen LogP contribution in [0.1, 0.15) is 37.3 Å². The van der Waals surface area contributed by atoms with Crippen molar-refractivity contribution in [1.29, 1.82) is 0 Å². The van der Waals surface area contributed by atoms with E-state index in [0.717, 1.165) is 40.1 Å². The van der Waals surface area contributed by atoms with Crippen molar-refractivity contribution in [3.05, 3.63) is 151 Å². The molecule has 1 aliphatic rings. The third kappa shape index (κ3) is 4.89. The van der Waals surface area contributed by atoms with Crippen molar-refractivity contribution in [2.45, 2.75) is 39.5 Å². The van der Waals surface area contributed by atoms with E-state index in [1.54, 1.807) is 0 Å². The fourth-order valence-corrected chi connectivity index (χ4v) is 8.48. The third-order valence-corrected chi connectivity index (χ3v) is 11.0. The molecule has 0 saturated heterocycles. The number of anilines is 2. The van der Waals surface area contributed by atoms with E-state index in [4.69, 9.17) is 4.42 Å². The molecule has 249 valence electrons. The number of benzene rings is 7. The largest absolute Gasteiger partial charge is 0.469 e. The normalized spacial score (nSPS) is 12.1. The van der Waals surface area contributed by atoms with Crippen LogP contribution in [0.2, 0.25) is 0 Å². The first-order valence-corrected chi connectivity index (χ1v) is 18.6. The van der Waals surface area contributed by atoms with Gasteiger partial charge in [0.25, 0.3) is 0 Å². The van der Waals surface area contributed by atoms with E-state index in [0.29, 0.717) is 0 Å². The number of hydrogen-bond acceptors (Lipinski definition) is 2. The summed E-state index contributed by atoms with van der Waals surface area (Å²) in [7, 11) is 2.29. The number of fused-ring (bicyclic) bond motifs is 9. The number of aromatic nitrogens is 1. The zero-order valence-corrected chi connectivity index (χ0v) is 29.5. The first-order valence-electron chi connectivity index (χ1n) is 18.6. The van der Waals surface area contributed by atoms with Crippen LogP contribution in [0.4, 0.5) is 11.4 Å². The molecule has 2 aromatic heterocycles. The maximum atomic E-state index is 6.80. The third-order valence-electron chi connectivity index (χ3n) is 11.0. The lowest BCUT2D eigenvalue weighted by Gasteiger charge is -2.22. The SMILES string of the molecule is CCCCCc1ccc(Nc2ccccc2-c2cc(C)c3c4ccc5ccccc5c4n4c3c2[B]c2oc3ccc(-c5ccccc5)cc3c2-4)cc1. The van der Waals surface area contributed by atoms with Gasteiger partial charge in [-0.3, -0.25) is 0 Å². The molecule has 3 nitrogen and oxygen atoms in total. The lowest BCUT2D eigenvalue weighted by Crippen LogP contribution is -2.36. The first kappa shape index (κ1) is 30.8. The fraction of sp³-hybridized carbons (Fsp3) is 0.125. The van der Waals surface area contributed by atoms with Crippen molar-refractivity contribution < 1.29 is 4.42 Å². The summed E-state index contributed by atoms with van der Waals surface area (Å²) in [6, 6.07) is 50.6. The van der Waals surface area contributed by atoms with E-state index in [9.17, 15) is 0 Å². The van der Waals surface area contributed by atoms with E-state index >= 15 is 0 Å². The number of hydrogen-bond donors (Lipinski definition) is 1. The molecular weight excluding hydrogens is 631 g/mol. The average Bonchev–Trinajstić information content (AvgIpc) is 3.74. The molecule has 4 heteroatoms. The lowest BCUT2D eigenvalue weighted by atomic mass is 9.62. The minimum atomic E-state index is 0.883. The molecule has 1 aliphatic heterocycles. The minimum Gasteiger partial charge on any atom is -0.469 e. The fourth-order valence-electron chi connectivity index (χ4n) is 8.48. The van der Waals surface area contributed by atoms with Crippen molar-refractivity contribution in [1.82, 2.24) is 4.57 Å². The lowest BCUT2D eigenvalue weighted by molar-refractivity contribution is 0.650. The molecule has 0 saturated carbocycles. The second kappa shape index (κ2) is 12.3. The van der Waals surface area contributed by atoms with E-state index in [2.05, 4.69) is 171 Å². The van der Waals surface area contributed by atoms with Gasteiger partial charge in [-0.2, -0.15) is 0 Å². The predicted octanol–water partition coefficient (Wildman–Crippen LogP) is 11.8. The summed E-state index contributed by atoms with van der Waals surface area (Å²) in [6.07, 6.45) is 4.88. The molecule has 10 rings (SSSR count). The van der Waals surface area contributed by atoms with Crippen LogP contribution >= 0.6 is 0 Å². The molecule has 1 radical (unpaired) electrons. The molecule has 3 heterocycles. The van der Waals surface area contributed by atoms with Crippen LogP contribution in [0.15, 0.2) is 144 Å². The van der Waals surface area contributed by atoms with Crippen molar-refractivity contribution in [2.75, 3.05) is 5.32 Å². The van der Waals surface area contributed by atoms with Gasteiger partial charge >= 0.3 is 0 Å². The summed E-state index contributed by atoms with van der Waals surface area (Å²) in [6.45, 7) is 4.53. The molecule has 0 atom stereocenters. The van der Waals surface area contributed by atoms with Crippen LogP contribution in [0.3, 0.4) is 0 Å². The van der Waals surface area contributed by atoms with E-state index in [1.807, 2.05) is 0 Å². The molecule has 0 amide bonds. The quantitative estimate of drug-likeness (QED) is 0.129. The molecular formula is C48H38BN2O. The molecule has 9 aromatic rings. The van der Waals surface area contributed by atoms with Gasteiger partial charge in [-0.1, -0.05) is 129 Å². The highest BCUT2D eigenvalue weighted by Gasteiger charge is 2.32. The Labute approximate surface area is 304 Å². The molecule has 0 bridgehead atoms. The molecule has 0 fully saturated rings. The smallest absolute Gasteiger partial charge is 0.247 e. The van der Waals surface area contributed by atoms with Crippen molar-refractivity contribution in [2.24, 2.45) is 0 Å². The zero-order valence-electron chi connectivity index (χ0n) is 29.5. The summed E-state index contributed by atoms with van der Waals surface area (Å²) in [5.41, 5.74) is 16.1. The monoisotopic (exact) mass is 669 g/mol. The van der Waals surface area contributed by atoms with Crippen LogP contribution in [-0.4, -0.2) is 11.8 Å². The van der Waals surface area contributed by atoms with Gasteiger partial charge in [0.2, 0.25) is 7.28 Å². The van der Waals surface area contributed by atoms with E-state index in [-0.39, 0.29) is 0 Å². The molecule has 1 N–H and O–H groups in total. The summed E-state index contributed by atoms with van der Waals surface area (Å²) < 4.78 is 9.32. The first-order chi connectivity index (χ1) is 25.7. The summed E-state index contributed by atoms with van der Waals surface area (Å²) in [5.74, 6) is 0. The maximum absolute atomic E-state index is 6.80. The highest BCUT2D eigenvalue weighted by molar-refractivity contribution is 6.73. The second-order valence-electron chi connectivity index (χ2n) is 14.3. The summed E-state index contributed by atoms with van der Waals surface area (Å²) in [5, 5.41) is 9.93. The standard InChI is InChI=1S/C48H38BN2O/c1-3-4-6-13-31-20-24-35(25-21-31)50-41-19-12-11-18-37(41)39-28-30(2)43-38-26-22-33-16-9-10-17-36(33)45(38)51-46-40-29-34(32-14-7-5-8-15-32)23-27-42(40)52-48(46)49-44(39)47(43)51/h5,7-12,14-29,50H,3-4,6,13H2,1-2H3. The molecule has 52 heavy (non-hydrogen) atoms. The molecule has 0 spiro atoms. The second-order valence-corrected chi connectivity index (χ2v) is 14.3. The van der Waals surface area contributed by atoms with Gasteiger partial charge in [-0.05, 0) is 88.8 Å². The Morgan fingerprint density at radius 3 is 2.33 bits per heavy atom. The van der Waals surface area contributed by atoms with Gasteiger partial charge in [0, 0.05) is 44.0 Å². The molecule has 0 aliphatic carbocycles. The van der Waals surface area contributed by atoms with Crippen LogP contribution in [0, 0.1) is 6.92 Å². The Morgan fingerprint density at radius 2 is 1.46 bits per heavy atom. The number of unbranched alkanes of at least 4 members (excludes halogenated alkanes) is 2. The Kier molecular flexibility index (Phi) is 7.31. The van der Waals surface area contributed by atoms with E-state index in [1.165, 1.54) is 90.7 Å². The number of nitrogens with zero attached hydrogens (tertiary/aromatic N) is 1. The zero-order chi connectivity index (χ0) is 34.8. The Hall–Kier alpha value is -6.00. The maximum Gasteiger partial charge on any atom is 0.247 e. The van der Waals surface area contributed by atoms with Crippen molar-refractivity contribution >= 4 is 73.3 Å². The van der Waals surface area contributed by atoms with Gasteiger partial charge in [-0.25, -0.2) is 0 Å². The van der Waals surface area contributed by atoms with Crippen LogP contribution < -0.4 is 16.4 Å². The number of aryl methyl sites for hydroxylation is 2. The number of rotatable bonds is 8. The summed E-state index contributed by atoms with van der Waals surface area (Å²) >= 11 is 0. The van der Waals surface area contributed by atoms with Crippen LogP contribution in [0.25, 0.3) is 71.5 Å². The van der Waals surface area contributed by atoms with Crippen molar-refractivity contribution in [3.8, 4) is 27.9 Å². The Morgan fingerprint density at radius 1 is 0.654 bits per heavy atom. The molecule has 0 unspecified atom stereocenters.